The Bertz CT molecular complexity index is 646. The quantitative estimate of drug-likeness (QED) is 0.890. The van der Waals surface area contributed by atoms with Crippen molar-refractivity contribution >= 4 is 12.0 Å². The van der Waals surface area contributed by atoms with E-state index in [4.69, 9.17) is 4.74 Å². The number of ether oxygens (including phenoxy) is 1. The SMILES string of the molecule is O=C(O)N1CCC(=O)N2C[C@@H](Oc3cnc(C4CC4)cn3)C[C@H]2C1. The standard InChI is InChI=1S/C16H20N4O4/c21-15-3-4-19(16(22)23)8-11-5-12(9-20(11)15)24-14-7-17-13(6-18-14)10-1-2-10/h6-7,10-12H,1-5,8-9H2,(H,22,23)/t11-,12-/m0/s1. The lowest BCUT2D eigenvalue weighted by molar-refractivity contribution is -0.131. The van der Waals surface area contributed by atoms with Gasteiger partial charge in [0.25, 0.3) is 0 Å². The van der Waals surface area contributed by atoms with E-state index in [1.165, 1.54) is 17.7 Å². The van der Waals surface area contributed by atoms with Crippen molar-refractivity contribution < 1.29 is 19.4 Å². The minimum atomic E-state index is -0.976. The van der Waals surface area contributed by atoms with E-state index < -0.39 is 6.09 Å². The maximum atomic E-state index is 12.2. The van der Waals surface area contributed by atoms with Crippen molar-refractivity contribution in [1.82, 2.24) is 19.8 Å². The summed E-state index contributed by atoms with van der Waals surface area (Å²) in [5, 5.41) is 9.19. The van der Waals surface area contributed by atoms with Crippen LogP contribution in [0.2, 0.25) is 0 Å². The molecule has 0 spiro atoms. The Morgan fingerprint density at radius 3 is 2.75 bits per heavy atom. The third-order valence-electron chi connectivity index (χ3n) is 4.92. The fraction of sp³-hybridized carbons (Fsp3) is 0.625. The maximum absolute atomic E-state index is 12.2. The fourth-order valence-corrected chi connectivity index (χ4v) is 3.48. The summed E-state index contributed by atoms with van der Waals surface area (Å²) in [5.41, 5.74) is 1.01. The molecular weight excluding hydrogens is 312 g/mol. The summed E-state index contributed by atoms with van der Waals surface area (Å²) in [7, 11) is 0. The zero-order valence-corrected chi connectivity index (χ0v) is 13.3. The molecule has 0 unspecified atom stereocenters. The van der Waals surface area contributed by atoms with Gasteiger partial charge in [-0.1, -0.05) is 0 Å². The summed E-state index contributed by atoms with van der Waals surface area (Å²) in [4.78, 5) is 35.2. The first kappa shape index (κ1) is 15.2. The summed E-state index contributed by atoms with van der Waals surface area (Å²) in [6.07, 6.45) is 5.45. The molecule has 1 saturated carbocycles. The second-order valence-electron chi connectivity index (χ2n) is 6.71. The van der Waals surface area contributed by atoms with Crippen molar-refractivity contribution in [3.63, 3.8) is 0 Å². The van der Waals surface area contributed by atoms with E-state index in [1.54, 1.807) is 17.3 Å². The molecule has 0 bridgehead atoms. The van der Waals surface area contributed by atoms with Crippen molar-refractivity contribution in [3.8, 4) is 5.88 Å². The molecule has 2 aliphatic heterocycles. The predicted octanol–water partition coefficient (Wildman–Crippen LogP) is 1.09. The Morgan fingerprint density at radius 2 is 2.08 bits per heavy atom. The van der Waals surface area contributed by atoms with Gasteiger partial charge in [-0.3, -0.25) is 9.78 Å². The number of aromatic nitrogens is 2. The Labute approximate surface area is 139 Å². The van der Waals surface area contributed by atoms with Gasteiger partial charge in [-0.05, 0) is 12.8 Å². The molecule has 1 N–H and O–H groups in total. The first-order valence-corrected chi connectivity index (χ1v) is 8.36. The van der Waals surface area contributed by atoms with Gasteiger partial charge in [0.1, 0.15) is 6.10 Å². The summed E-state index contributed by atoms with van der Waals surface area (Å²) >= 11 is 0. The zero-order chi connectivity index (χ0) is 16.7. The molecular formula is C16H20N4O4. The van der Waals surface area contributed by atoms with Crippen LogP contribution in [0.3, 0.4) is 0 Å². The molecule has 128 valence electrons. The summed E-state index contributed by atoms with van der Waals surface area (Å²) in [6, 6.07) is -0.125. The van der Waals surface area contributed by atoms with Crippen LogP contribution >= 0.6 is 0 Å². The molecule has 0 radical (unpaired) electrons. The Kier molecular flexibility index (Phi) is 3.74. The van der Waals surface area contributed by atoms with E-state index in [1.807, 2.05) is 0 Å². The van der Waals surface area contributed by atoms with Crippen molar-refractivity contribution in [2.24, 2.45) is 0 Å². The van der Waals surface area contributed by atoms with Gasteiger partial charge < -0.3 is 19.6 Å². The van der Waals surface area contributed by atoms with Gasteiger partial charge in [0.05, 0.1) is 30.7 Å². The number of amides is 2. The van der Waals surface area contributed by atoms with Gasteiger partial charge in [0.15, 0.2) is 0 Å². The number of hydrogen-bond acceptors (Lipinski definition) is 5. The lowest BCUT2D eigenvalue weighted by atomic mass is 10.2. The predicted molar refractivity (Wildman–Crippen MR) is 82.8 cm³/mol. The van der Waals surface area contributed by atoms with E-state index in [0.717, 1.165) is 5.69 Å². The van der Waals surface area contributed by atoms with Gasteiger partial charge in [0.2, 0.25) is 11.8 Å². The second-order valence-corrected chi connectivity index (χ2v) is 6.71. The molecule has 1 aromatic rings. The van der Waals surface area contributed by atoms with Crippen LogP contribution in [0.1, 0.15) is 37.3 Å². The van der Waals surface area contributed by atoms with Crippen LogP contribution < -0.4 is 4.74 Å². The highest BCUT2D eigenvalue weighted by molar-refractivity contribution is 5.78. The molecule has 8 nitrogen and oxygen atoms in total. The maximum Gasteiger partial charge on any atom is 0.407 e. The van der Waals surface area contributed by atoms with E-state index in [9.17, 15) is 14.7 Å². The first-order chi connectivity index (χ1) is 11.6. The van der Waals surface area contributed by atoms with E-state index in [2.05, 4.69) is 9.97 Å². The minimum Gasteiger partial charge on any atom is -0.471 e. The topological polar surface area (TPSA) is 95.9 Å². The molecule has 8 heteroatoms. The van der Waals surface area contributed by atoms with E-state index in [0.29, 0.717) is 31.3 Å². The molecule has 2 saturated heterocycles. The number of carbonyl (C=O) groups excluding carboxylic acids is 1. The van der Waals surface area contributed by atoms with Gasteiger partial charge in [-0.25, -0.2) is 9.78 Å². The number of carbonyl (C=O) groups is 2. The smallest absolute Gasteiger partial charge is 0.407 e. The third kappa shape index (κ3) is 3.00. The van der Waals surface area contributed by atoms with Crippen LogP contribution in [0.4, 0.5) is 4.79 Å². The van der Waals surface area contributed by atoms with Crippen LogP contribution in [0.5, 0.6) is 5.88 Å². The van der Waals surface area contributed by atoms with E-state index in [-0.39, 0.29) is 31.0 Å². The summed E-state index contributed by atoms with van der Waals surface area (Å²) in [6.45, 7) is 1.08. The molecule has 3 fully saturated rings. The number of carboxylic acid groups (broad SMARTS) is 1. The number of rotatable bonds is 3. The molecule has 3 aliphatic rings. The molecule has 1 aliphatic carbocycles. The van der Waals surface area contributed by atoms with Gasteiger partial charge in [-0.2, -0.15) is 0 Å². The fourth-order valence-electron chi connectivity index (χ4n) is 3.48. The monoisotopic (exact) mass is 332 g/mol. The molecule has 2 atom stereocenters. The van der Waals surface area contributed by atoms with E-state index >= 15 is 0 Å². The van der Waals surface area contributed by atoms with Gasteiger partial charge in [0, 0.05) is 31.8 Å². The number of nitrogens with zero attached hydrogens (tertiary/aromatic N) is 4. The lowest BCUT2D eigenvalue weighted by Gasteiger charge is -2.23. The lowest BCUT2D eigenvalue weighted by Crippen LogP contribution is -2.40. The molecule has 4 rings (SSSR count). The number of hydrogen-bond donors (Lipinski definition) is 1. The Balaban J connectivity index is 1.41. The highest BCUT2D eigenvalue weighted by Gasteiger charge is 2.40. The van der Waals surface area contributed by atoms with Gasteiger partial charge >= 0.3 is 6.09 Å². The average molecular weight is 332 g/mol. The van der Waals surface area contributed by atoms with Gasteiger partial charge in [-0.15, -0.1) is 0 Å². The second kappa shape index (κ2) is 5.92. The molecule has 2 amide bonds. The minimum absolute atomic E-state index is 0.00924. The van der Waals surface area contributed by atoms with Crippen molar-refractivity contribution in [2.75, 3.05) is 19.6 Å². The molecule has 1 aromatic heterocycles. The summed E-state index contributed by atoms with van der Waals surface area (Å²) < 4.78 is 5.87. The average Bonchev–Trinajstić information content (AvgIpc) is 3.35. The van der Waals surface area contributed by atoms with Crippen LogP contribution in [-0.2, 0) is 4.79 Å². The zero-order valence-electron chi connectivity index (χ0n) is 13.3. The van der Waals surface area contributed by atoms with Crippen molar-refractivity contribution in [1.29, 1.82) is 0 Å². The number of fused-ring (bicyclic) bond motifs is 1. The largest absolute Gasteiger partial charge is 0.471 e. The van der Waals surface area contributed by atoms with Crippen LogP contribution in [0.15, 0.2) is 12.4 Å². The first-order valence-electron chi connectivity index (χ1n) is 8.36. The van der Waals surface area contributed by atoms with Crippen LogP contribution in [0.25, 0.3) is 0 Å². The molecule has 0 aromatic carbocycles. The highest BCUT2D eigenvalue weighted by Crippen LogP contribution is 2.38. The van der Waals surface area contributed by atoms with Crippen LogP contribution in [-0.4, -0.2) is 68.7 Å². The van der Waals surface area contributed by atoms with Crippen molar-refractivity contribution in [3.05, 3.63) is 18.1 Å². The third-order valence-corrected chi connectivity index (χ3v) is 4.92. The normalized spacial score (nSPS) is 26.9. The highest BCUT2D eigenvalue weighted by atomic mass is 16.5. The summed E-state index contributed by atoms with van der Waals surface area (Å²) in [5.74, 6) is 1.00. The molecule has 24 heavy (non-hydrogen) atoms. The Hall–Kier alpha value is -2.38. The van der Waals surface area contributed by atoms with Crippen molar-refractivity contribution in [2.45, 2.75) is 43.7 Å². The molecule has 3 heterocycles. The Morgan fingerprint density at radius 1 is 1.25 bits per heavy atom. The van der Waals surface area contributed by atoms with Crippen LogP contribution in [0, 0.1) is 0 Å².